The summed E-state index contributed by atoms with van der Waals surface area (Å²) in [7, 11) is 0. The zero-order valence-electron chi connectivity index (χ0n) is 10.2. The Morgan fingerprint density at radius 3 is 2.47 bits per heavy atom. The first kappa shape index (κ1) is 13.2. The van der Waals surface area contributed by atoms with E-state index in [0.29, 0.717) is 13.1 Å². The van der Waals surface area contributed by atoms with Crippen LogP contribution < -0.4 is 0 Å². The van der Waals surface area contributed by atoms with Gasteiger partial charge in [-0.1, -0.05) is 44.2 Å². The van der Waals surface area contributed by atoms with Gasteiger partial charge in [-0.15, -0.1) is 0 Å². The zero-order chi connectivity index (χ0) is 12.7. The normalized spacial score (nSPS) is 14.8. The molecule has 1 saturated heterocycles. The van der Waals surface area contributed by atoms with Gasteiger partial charge in [-0.2, -0.15) is 0 Å². The molecule has 0 N–H and O–H groups in total. The number of ether oxygens (including phenoxy) is 1. The monoisotopic (exact) mass is 235 g/mol. The van der Waals surface area contributed by atoms with Crippen molar-refractivity contribution < 1.29 is 14.3 Å². The van der Waals surface area contributed by atoms with E-state index in [9.17, 15) is 9.59 Å². The fourth-order valence-corrected chi connectivity index (χ4v) is 1.50. The molecule has 1 aliphatic heterocycles. The highest BCUT2D eigenvalue weighted by Gasteiger charge is 2.27. The SMILES string of the molecule is CC.O=C1OCCN(Cc2ccccc2)C1=O. The van der Waals surface area contributed by atoms with E-state index in [0.717, 1.165) is 5.56 Å². The van der Waals surface area contributed by atoms with Crippen LogP contribution >= 0.6 is 0 Å². The molecule has 1 aliphatic rings. The summed E-state index contributed by atoms with van der Waals surface area (Å²) in [6, 6.07) is 9.57. The third-order valence-corrected chi connectivity index (χ3v) is 2.27. The van der Waals surface area contributed by atoms with Crippen molar-refractivity contribution >= 4 is 11.9 Å². The predicted octanol–water partition coefficient (Wildman–Crippen LogP) is 1.60. The molecule has 1 fully saturated rings. The Morgan fingerprint density at radius 2 is 1.82 bits per heavy atom. The van der Waals surface area contributed by atoms with Crippen LogP contribution in [-0.4, -0.2) is 29.9 Å². The predicted molar refractivity (Wildman–Crippen MR) is 64.2 cm³/mol. The number of benzene rings is 1. The molecule has 0 aliphatic carbocycles. The van der Waals surface area contributed by atoms with Gasteiger partial charge < -0.3 is 9.64 Å². The Bertz CT molecular complexity index is 376. The number of carbonyl (C=O) groups excluding carboxylic acids is 2. The second kappa shape index (κ2) is 6.68. The van der Waals surface area contributed by atoms with Crippen molar-refractivity contribution in [2.45, 2.75) is 20.4 Å². The van der Waals surface area contributed by atoms with E-state index in [1.54, 1.807) is 0 Å². The van der Waals surface area contributed by atoms with Crippen molar-refractivity contribution in [3.05, 3.63) is 35.9 Å². The van der Waals surface area contributed by atoms with Crippen molar-refractivity contribution in [3.8, 4) is 0 Å². The Kier molecular flexibility index (Phi) is 5.20. The first-order valence-corrected chi connectivity index (χ1v) is 5.77. The number of carbonyl (C=O) groups is 2. The number of rotatable bonds is 2. The van der Waals surface area contributed by atoms with Gasteiger partial charge in [-0.25, -0.2) is 4.79 Å². The van der Waals surface area contributed by atoms with E-state index in [1.165, 1.54) is 4.90 Å². The first-order valence-electron chi connectivity index (χ1n) is 5.77. The molecule has 1 amide bonds. The minimum Gasteiger partial charge on any atom is -0.457 e. The van der Waals surface area contributed by atoms with Gasteiger partial charge in [-0.05, 0) is 5.56 Å². The van der Waals surface area contributed by atoms with Crippen LogP contribution in [0.3, 0.4) is 0 Å². The maximum atomic E-state index is 11.4. The van der Waals surface area contributed by atoms with Crippen LogP contribution in [0, 0.1) is 0 Å². The van der Waals surface area contributed by atoms with E-state index in [-0.39, 0.29) is 6.61 Å². The third kappa shape index (κ3) is 3.59. The molecule has 0 atom stereocenters. The van der Waals surface area contributed by atoms with E-state index >= 15 is 0 Å². The zero-order valence-corrected chi connectivity index (χ0v) is 10.2. The summed E-state index contributed by atoms with van der Waals surface area (Å²) in [5.41, 5.74) is 1.01. The Balaban J connectivity index is 0.000000686. The molecule has 17 heavy (non-hydrogen) atoms. The summed E-state index contributed by atoms with van der Waals surface area (Å²) >= 11 is 0. The molecule has 0 spiro atoms. The summed E-state index contributed by atoms with van der Waals surface area (Å²) in [6.07, 6.45) is 0. The van der Waals surface area contributed by atoms with Crippen LogP contribution in [0.25, 0.3) is 0 Å². The summed E-state index contributed by atoms with van der Waals surface area (Å²) in [4.78, 5) is 23.9. The molecular formula is C13H17NO3. The van der Waals surface area contributed by atoms with Crippen LogP contribution in [-0.2, 0) is 20.9 Å². The third-order valence-electron chi connectivity index (χ3n) is 2.27. The quantitative estimate of drug-likeness (QED) is 0.578. The summed E-state index contributed by atoms with van der Waals surface area (Å²) in [5.74, 6) is -1.30. The topological polar surface area (TPSA) is 46.6 Å². The molecule has 0 aromatic heterocycles. The van der Waals surface area contributed by atoms with Crippen molar-refractivity contribution in [1.82, 2.24) is 4.90 Å². The number of hydrogen-bond acceptors (Lipinski definition) is 3. The molecule has 2 rings (SSSR count). The lowest BCUT2D eigenvalue weighted by atomic mass is 10.2. The van der Waals surface area contributed by atoms with Gasteiger partial charge in [0.25, 0.3) is 0 Å². The molecule has 1 heterocycles. The average molecular weight is 235 g/mol. The fraction of sp³-hybridized carbons (Fsp3) is 0.385. The maximum absolute atomic E-state index is 11.4. The molecular weight excluding hydrogens is 218 g/mol. The minimum absolute atomic E-state index is 0.289. The number of nitrogens with zero attached hydrogens (tertiary/aromatic N) is 1. The Hall–Kier alpha value is -1.84. The van der Waals surface area contributed by atoms with Crippen molar-refractivity contribution in [2.24, 2.45) is 0 Å². The van der Waals surface area contributed by atoms with Gasteiger partial charge in [0.1, 0.15) is 6.61 Å². The number of esters is 1. The second-order valence-electron chi connectivity index (χ2n) is 3.35. The largest absolute Gasteiger partial charge is 0.457 e. The highest BCUT2D eigenvalue weighted by molar-refractivity contribution is 6.32. The van der Waals surface area contributed by atoms with Crippen LogP contribution in [0.2, 0.25) is 0 Å². The Morgan fingerprint density at radius 1 is 1.18 bits per heavy atom. The molecule has 0 radical (unpaired) electrons. The molecule has 0 bridgehead atoms. The smallest absolute Gasteiger partial charge is 0.397 e. The average Bonchev–Trinajstić information content (AvgIpc) is 2.39. The lowest BCUT2D eigenvalue weighted by Crippen LogP contribution is -2.44. The highest BCUT2D eigenvalue weighted by Crippen LogP contribution is 2.07. The molecule has 1 aromatic rings. The molecule has 92 valence electrons. The van der Waals surface area contributed by atoms with Gasteiger partial charge in [0, 0.05) is 6.54 Å². The van der Waals surface area contributed by atoms with Crippen LogP contribution in [0.15, 0.2) is 30.3 Å². The highest BCUT2D eigenvalue weighted by atomic mass is 16.5. The van der Waals surface area contributed by atoms with Gasteiger partial charge in [0.15, 0.2) is 0 Å². The van der Waals surface area contributed by atoms with Crippen LogP contribution in [0.4, 0.5) is 0 Å². The summed E-state index contributed by atoms with van der Waals surface area (Å²) in [5, 5.41) is 0. The molecule has 1 aromatic carbocycles. The van der Waals surface area contributed by atoms with Crippen molar-refractivity contribution in [1.29, 1.82) is 0 Å². The lowest BCUT2D eigenvalue weighted by molar-refractivity contribution is -0.166. The Labute approximate surface area is 101 Å². The molecule has 0 unspecified atom stereocenters. The number of hydrogen-bond donors (Lipinski definition) is 0. The fourth-order valence-electron chi connectivity index (χ4n) is 1.50. The van der Waals surface area contributed by atoms with Crippen LogP contribution in [0.5, 0.6) is 0 Å². The summed E-state index contributed by atoms with van der Waals surface area (Å²) < 4.78 is 4.63. The maximum Gasteiger partial charge on any atom is 0.397 e. The van der Waals surface area contributed by atoms with Crippen molar-refractivity contribution in [2.75, 3.05) is 13.2 Å². The van der Waals surface area contributed by atoms with E-state index in [1.807, 2.05) is 44.2 Å². The number of cyclic esters (lactones) is 1. The van der Waals surface area contributed by atoms with Gasteiger partial charge in [0.05, 0.1) is 6.54 Å². The summed E-state index contributed by atoms with van der Waals surface area (Å²) in [6.45, 7) is 5.23. The van der Waals surface area contributed by atoms with Crippen LogP contribution in [0.1, 0.15) is 19.4 Å². The number of morpholine rings is 1. The minimum atomic E-state index is -0.753. The second-order valence-corrected chi connectivity index (χ2v) is 3.35. The molecule has 0 saturated carbocycles. The van der Waals surface area contributed by atoms with Gasteiger partial charge in [0.2, 0.25) is 0 Å². The van der Waals surface area contributed by atoms with Crippen molar-refractivity contribution in [3.63, 3.8) is 0 Å². The lowest BCUT2D eigenvalue weighted by Gasteiger charge is -2.25. The standard InChI is InChI=1S/C11H11NO3.C2H6/c13-10-11(14)15-7-6-12(10)8-9-4-2-1-3-5-9;1-2/h1-5H,6-8H2;1-2H3. The van der Waals surface area contributed by atoms with Gasteiger partial charge in [-0.3, -0.25) is 4.79 Å². The number of amides is 1. The first-order chi connectivity index (χ1) is 8.27. The molecule has 4 nitrogen and oxygen atoms in total. The molecule has 4 heteroatoms. The van der Waals surface area contributed by atoms with E-state index in [4.69, 9.17) is 0 Å². The van der Waals surface area contributed by atoms with E-state index in [2.05, 4.69) is 4.74 Å². The van der Waals surface area contributed by atoms with E-state index < -0.39 is 11.9 Å². The van der Waals surface area contributed by atoms with Gasteiger partial charge >= 0.3 is 11.9 Å².